The molecule has 0 saturated heterocycles. The van der Waals surface area contributed by atoms with Crippen LogP contribution in [0.5, 0.6) is 5.75 Å². The van der Waals surface area contributed by atoms with Gasteiger partial charge in [-0.2, -0.15) is 0 Å². The van der Waals surface area contributed by atoms with Crippen LogP contribution in [0.3, 0.4) is 0 Å². The summed E-state index contributed by atoms with van der Waals surface area (Å²) in [5.74, 6) is 0.444. The minimum atomic E-state index is -0.249. The zero-order valence-electron chi connectivity index (χ0n) is 17.6. The van der Waals surface area contributed by atoms with Gasteiger partial charge in [-0.05, 0) is 61.4 Å². The molecule has 2 N–H and O–H groups in total. The van der Waals surface area contributed by atoms with Crippen LogP contribution in [-0.2, 0) is 11.2 Å². The van der Waals surface area contributed by atoms with Gasteiger partial charge in [-0.1, -0.05) is 30.3 Å². The van der Waals surface area contributed by atoms with E-state index >= 15 is 0 Å². The van der Waals surface area contributed by atoms with Gasteiger partial charge in [0.2, 0.25) is 5.91 Å². The summed E-state index contributed by atoms with van der Waals surface area (Å²) in [5.41, 5.74) is 3.90. The third-order valence-corrected chi connectivity index (χ3v) is 5.43. The average Bonchev–Trinajstić information content (AvgIpc) is 3.14. The fraction of sp³-hybridized carbons (Fsp3) is 0.200. The molecule has 0 fully saturated rings. The van der Waals surface area contributed by atoms with Crippen LogP contribution in [0.15, 0.2) is 72.8 Å². The highest BCUT2D eigenvalue weighted by Gasteiger charge is 2.30. The first-order valence-corrected chi connectivity index (χ1v) is 10.2. The van der Waals surface area contributed by atoms with Crippen LogP contribution in [0.2, 0.25) is 0 Å². The summed E-state index contributed by atoms with van der Waals surface area (Å²) >= 11 is 0. The molecular formula is C25H25N3O3. The largest absolute Gasteiger partial charge is 0.497 e. The maximum atomic E-state index is 13.0. The summed E-state index contributed by atoms with van der Waals surface area (Å²) in [6.45, 7) is 2.15. The summed E-state index contributed by atoms with van der Waals surface area (Å²) in [7, 11) is 1.60. The van der Waals surface area contributed by atoms with Gasteiger partial charge in [0, 0.05) is 23.1 Å². The van der Waals surface area contributed by atoms with E-state index in [9.17, 15) is 9.59 Å². The fourth-order valence-corrected chi connectivity index (χ4v) is 3.91. The molecule has 0 bridgehead atoms. The predicted molar refractivity (Wildman–Crippen MR) is 123 cm³/mol. The van der Waals surface area contributed by atoms with E-state index in [0.29, 0.717) is 16.9 Å². The Hall–Kier alpha value is -3.80. The molecule has 1 aliphatic rings. The lowest BCUT2D eigenvalue weighted by molar-refractivity contribution is -0.117. The van der Waals surface area contributed by atoms with E-state index < -0.39 is 0 Å². The second-order valence-corrected chi connectivity index (χ2v) is 7.53. The Labute approximate surface area is 181 Å². The number of carbonyl (C=O) groups is 2. The predicted octanol–water partition coefficient (Wildman–Crippen LogP) is 4.34. The molecule has 0 unspecified atom stereocenters. The van der Waals surface area contributed by atoms with E-state index in [1.807, 2.05) is 36.1 Å². The van der Waals surface area contributed by atoms with Gasteiger partial charge in [0.25, 0.3) is 5.91 Å². The van der Waals surface area contributed by atoms with Gasteiger partial charge in [0.05, 0.1) is 19.2 Å². The number of ether oxygens (including phenoxy) is 1. The van der Waals surface area contributed by atoms with Crippen LogP contribution in [-0.4, -0.2) is 31.5 Å². The van der Waals surface area contributed by atoms with Gasteiger partial charge in [-0.15, -0.1) is 0 Å². The molecule has 0 aromatic heterocycles. The lowest BCUT2D eigenvalue weighted by Crippen LogP contribution is -2.39. The molecule has 1 atom stereocenters. The molecule has 0 aliphatic carbocycles. The highest BCUT2D eigenvalue weighted by atomic mass is 16.5. The number of anilines is 3. The summed E-state index contributed by atoms with van der Waals surface area (Å²) in [6.07, 6.45) is 0.850. The van der Waals surface area contributed by atoms with Gasteiger partial charge in [0.1, 0.15) is 5.75 Å². The summed E-state index contributed by atoms with van der Waals surface area (Å²) in [5, 5.41) is 6.04. The SMILES string of the molecule is COc1ccc(NC(=O)c2ccccc2NCC(=O)N2c3ccccc3C[C@H]2C)cc1. The number of nitrogens with one attached hydrogen (secondary N) is 2. The third kappa shape index (κ3) is 4.38. The van der Waals surface area contributed by atoms with Crippen LogP contribution in [0.25, 0.3) is 0 Å². The Balaban J connectivity index is 1.45. The Kier molecular flexibility index (Phi) is 5.89. The minimum Gasteiger partial charge on any atom is -0.497 e. The van der Waals surface area contributed by atoms with Crippen molar-refractivity contribution in [2.45, 2.75) is 19.4 Å². The van der Waals surface area contributed by atoms with E-state index in [0.717, 1.165) is 17.9 Å². The first kappa shape index (κ1) is 20.5. The monoisotopic (exact) mass is 415 g/mol. The van der Waals surface area contributed by atoms with Crippen molar-refractivity contribution < 1.29 is 14.3 Å². The van der Waals surface area contributed by atoms with Gasteiger partial charge in [-0.25, -0.2) is 0 Å². The average molecular weight is 415 g/mol. The van der Waals surface area contributed by atoms with Gasteiger partial charge >= 0.3 is 0 Å². The number of fused-ring (bicyclic) bond motifs is 1. The molecule has 0 saturated carbocycles. The number of para-hydroxylation sites is 2. The molecule has 2 amide bonds. The van der Waals surface area contributed by atoms with Gasteiger partial charge < -0.3 is 20.3 Å². The van der Waals surface area contributed by atoms with Crippen molar-refractivity contribution in [2.24, 2.45) is 0 Å². The highest BCUT2D eigenvalue weighted by Crippen LogP contribution is 2.31. The number of methoxy groups -OCH3 is 1. The van der Waals surface area contributed by atoms with Crippen LogP contribution in [0.4, 0.5) is 17.1 Å². The number of hydrogen-bond donors (Lipinski definition) is 2. The van der Waals surface area contributed by atoms with E-state index in [4.69, 9.17) is 4.74 Å². The molecule has 6 nitrogen and oxygen atoms in total. The normalized spacial score (nSPS) is 14.6. The lowest BCUT2D eigenvalue weighted by atomic mass is 10.1. The van der Waals surface area contributed by atoms with Crippen LogP contribution in [0, 0.1) is 0 Å². The van der Waals surface area contributed by atoms with Gasteiger partial charge in [-0.3, -0.25) is 9.59 Å². The Morgan fingerprint density at radius 3 is 2.48 bits per heavy atom. The number of rotatable bonds is 6. The van der Waals surface area contributed by atoms with E-state index in [2.05, 4.69) is 16.7 Å². The highest BCUT2D eigenvalue weighted by molar-refractivity contribution is 6.08. The first-order valence-electron chi connectivity index (χ1n) is 10.2. The minimum absolute atomic E-state index is 0.0252. The van der Waals surface area contributed by atoms with Crippen LogP contribution >= 0.6 is 0 Å². The molecule has 158 valence electrons. The number of nitrogens with zero attached hydrogens (tertiary/aromatic N) is 1. The Morgan fingerprint density at radius 1 is 1.00 bits per heavy atom. The maximum Gasteiger partial charge on any atom is 0.257 e. The first-order chi connectivity index (χ1) is 15.1. The van der Waals surface area contributed by atoms with Crippen molar-refractivity contribution in [3.8, 4) is 5.75 Å². The van der Waals surface area contributed by atoms with Crippen molar-refractivity contribution in [3.05, 3.63) is 83.9 Å². The van der Waals surface area contributed by atoms with Crippen LogP contribution in [0.1, 0.15) is 22.8 Å². The van der Waals surface area contributed by atoms with Crippen molar-refractivity contribution in [3.63, 3.8) is 0 Å². The van der Waals surface area contributed by atoms with Crippen LogP contribution < -0.4 is 20.3 Å². The summed E-state index contributed by atoms with van der Waals surface area (Å²) in [4.78, 5) is 27.6. The third-order valence-electron chi connectivity index (χ3n) is 5.43. The molecule has 6 heteroatoms. The maximum absolute atomic E-state index is 13.0. The standard InChI is InChI=1S/C25H25N3O3/c1-17-15-18-7-3-6-10-23(18)28(17)24(29)16-26-22-9-5-4-8-21(22)25(30)27-19-11-13-20(31-2)14-12-19/h3-14,17,26H,15-16H2,1-2H3,(H,27,30)/t17-/m1/s1. The second-order valence-electron chi connectivity index (χ2n) is 7.53. The second kappa shape index (κ2) is 8.92. The molecule has 0 radical (unpaired) electrons. The number of benzene rings is 3. The fourth-order valence-electron chi connectivity index (χ4n) is 3.91. The molecule has 3 aromatic rings. The summed E-state index contributed by atoms with van der Waals surface area (Å²) < 4.78 is 5.15. The Morgan fingerprint density at radius 2 is 1.71 bits per heavy atom. The van der Waals surface area contributed by atoms with E-state index in [-0.39, 0.29) is 24.4 Å². The van der Waals surface area contributed by atoms with Crippen molar-refractivity contribution in [1.29, 1.82) is 0 Å². The van der Waals surface area contributed by atoms with Crippen molar-refractivity contribution in [2.75, 3.05) is 29.2 Å². The molecule has 1 aliphatic heterocycles. The molecule has 1 heterocycles. The smallest absolute Gasteiger partial charge is 0.257 e. The zero-order chi connectivity index (χ0) is 21.8. The number of carbonyl (C=O) groups excluding carboxylic acids is 2. The number of amides is 2. The summed E-state index contributed by atoms with van der Waals surface area (Å²) in [6, 6.07) is 22.4. The quantitative estimate of drug-likeness (QED) is 0.628. The van der Waals surface area contributed by atoms with E-state index in [1.165, 1.54) is 5.56 Å². The Bertz CT molecular complexity index is 1100. The number of hydrogen-bond acceptors (Lipinski definition) is 4. The molecule has 4 rings (SSSR count). The zero-order valence-corrected chi connectivity index (χ0v) is 17.6. The lowest BCUT2D eigenvalue weighted by Gasteiger charge is -2.23. The molecule has 31 heavy (non-hydrogen) atoms. The molecule has 0 spiro atoms. The van der Waals surface area contributed by atoms with Crippen molar-refractivity contribution in [1.82, 2.24) is 0 Å². The van der Waals surface area contributed by atoms with E-state index in [1.54, 1.807) is 49.6 Å². The topological polar surface area (TPSA) is 70.7 Å². The van der Waals surface area contributed by atoms with Crippen molar-refractivity contribution >= 4 is 28.9 Å². The molecular weight excluding hydrogens is 390 g/mol. The molecule has 3 aromatic carbocycles. The van der Waals surface area contributed by atoms with Gasteiger partial charge in [0.15, 0.2) is 0 Å².